The summed E-state index contributed by atoms with van der Waals surface area (Å²) in [4.78, 5) is 9.20. The average molecular weight is 266 g/mol. The van der Waals surface area contributed by atoms with Crippen molar-refractivity contribution in [3.8, 4) is 0 Å². The summed E-state index contributed by atoms with van der Waals surface area (Å²) < 4.78 is 27.2. The molecule has 6 heteroatoms. The summed E-state index contributed by atoms with van der Waals surface area (Å²) in [5, 5.41) is 5.67. The second-order valence-electron chi connectivity index (χ2n) is 3.85. The third-order valence-electron chi connectivity index (χ3n) is 2.72. The topological polar surface area (TPSA) is 34.5 Å². The third kappa shape index (κ3) is 1.88. The molecule has 0 bridgehead atoms. The van der Waals surface area contributed by atoms with Gasteiger partial charge in [-0.1, -0.05) is 11.2 Å². The van der Waals surface area contributed by atoms with Crippen molar-refractivity contribution < 1.29 is 13.6 Å². The lowest BCUT2D eigenvalue weighted by Crippen LogP contribution is -2.06. The van der Waals surface area contributed by atoms with Gasteiger partial charge in [0.1, 0.15) is 17.3 Å². The van der Waals surface area contributed by atoms with E-state index < -0.39 is 17.7 Å². The van der Waals surface area contributed by atoms with E-state index in [1.165, 1.54) is 29.5 Å². The third-order valence-corrected chi connectivity index (χ3v) is 3.31. The summed E-state index contributed by atoms with van der Waals surface area (Å²) in [5.74, 6) is -1.23. The normalized spacial score (nSPS) is 18.6. The molecule has 3 nitrogen and oxygen atoms in total. The predicted octanol–water partition coefficient (Wildman–Crippen LogP) is 3.29. The minimum absolute atomic E-state index is 0.0773. The van der Waals surface area contributed by atoms with Crippen LogP contribution in [0.3, 0.4) is 0 Å². The van der Waals surface area contributed by atoms with Crippen LogP contribution in [0.2, 0.25) is 0 Å². The number of benzene rings is 1. The Balaban J connectivity index is 1.86. The molecule has 92 valence electrons. The second-order valence-corrected chi connectivity index (χ2v) is 4.56. The molecule has 1 aliphatic rings. The van der Waals surface area contributed by atoms with Crippen LogP contribution >= 0.6 is 11.3 Å². The van der Waals surface area contributed by atoms with Crippen molar-refractivity contribution in [1.82, 2.24) is 4.98 Å². The number of aromatic nitrogens is 1. The predicted molar refractivity (Wildman–Crippen MR) is 63.5 cm³/mol. The van der Waals surface area contributed by atoms with Crippen molar-refractivity contribution in [2.75, 3.05) is 0 Å². The molecule has 0 spiro atoms. The Kier molecular flexibility index (Phi) is 2.79. The molecule has 1 unspecified atom stereocenters. The molecule has 3 rings (SSSR count). The molecule has 18 heavy (non-hydrogen) atoms. The zero-order chi connectivity index (χ0) is 12.5. The zero-order valence-corrected chi connectivity index (χ0v) is 9.95. The number of nitrogens with zero attached hydrogens (tertiary/aromatic N) is 2. The largest absolute Gasteiger partial charge is 0.387 e. The molecule has 1 aromatic carbocycles. The summed E-state index contributed by atoms with van der Waals surface area (Å²) in [6.45, 7) is 0. The van der Waals surface area contributed by atoms with E-state index >= 15 is 0 Å². The maximum atomic E-state index is 13.6. The molecule has 0 radical (unpaired) electrons. The molecule has 0 saturated carbocycles. The fourth-order valence-electron chi connectivity index (χ4n) is 1.86. The summed E-state index contributed by atoms with van der Waals surface area (Å²) in [6.07, 6.45) is -0.399. The van der Waals surface area contributed by atoms with Crippen LogP contribution < -0.4 is 0 Å². The lowest BCUT2D eigenvalue weighted by atomic mass is 10.0. The Bertz CT molecular complexity index is 578. The van der Waals surface area contributed by atoms with Crippen LogP contribution in [0, 0.1) is 11.6 Å². The molecule has 0 N–H and O–H groups in total. The molecule has 1 aliphatic heterocycles. The zero-order valence-electron chi connectivity index (χ0n) is 9.14. The molecule has 1 atom stereocenters. The Hall–Kier alpha value is -1.82. The number of hydrogen-bond donors (Lipinski definition) is 0. The lowest BCUT2D eigenvalue weighted by molar-refractivity contribution is 0.0800. The van der Waals surface area contributed by atoms with Crippen LogP contribution in [-0.2, 0) is 4.84 Å². The van der Waals surface area contributed by atoms with Gasteiger partial charge in [0.25, 0.3) is 0 Å². The number of rotatable bonds is 2. The molecular weight excluding hydrogens is 258 g/mol. The maximum Gasteiger partial charge on any atom is 0.164 e. The van der Waals surface area contributed by atoms with Crippen molar-refractivity contribution in [3.05, 3.63) is 52.0 Å². The number of hydrogen-bond acceptors (Lipinski definition) is 4. The van der Waals surface area contributed by atoms with Crippen molar-refractivity contribution in [3.63, 3.8) is 0 Å². The quantitative estimate of drug-likeness (QED) is 0.836. The Morgan fingerprint density at radius 3 is 2.72 bits per heavy atom. The van der Waals surface area contributed by atoms with E-state index in [4.69, 9.17) is 4.84 Å². The Morgan fingerprint density at radius 2 is 2.06 bits per heavy atom. The van der Waals surface area contributed by atoms with E-state index in [9.17, 15) is 8.78 Å². The summed E-state index contributed by atoms with van der Waals surface area (Å²) in [5.41, 5.74) is 2.91. The van der Waals surface area contributed by atoms with Crippen molar-refractivity contribution in [2.45, 2.75) is 12.5 Å². The van der Waals surface area contributed by atoms with Gasteiger partial charge in [0.15, 0.2) is 6.10 Å². The average Bonchev–Trinajstić information content (AvgIpc) is 2.99. The van der Waals surface area contributed by atoms with Gasteiger partial charge in [-0.2, -0.15) is 0 Å². The molecule has 2 heterocycles. The van der Waals surface area contributed by atoms with Gasteiger partial charge in [-0.05, 0) is 12.1 Å². The van der Waals surface area contributed by atoms with Crippen LogP contribution in [0.15, 0.2) is 34.2 Å². The molecule has 0 aliphatic carbocycles. The van der Waals surface area contributed by atoms with Gasteiger partial charge in [0.05, 0.1) is 16.8 Å². The molecule has 1 aromatic heterocycles. The van der Waals surface area contributed by atoms with Crippen LogP contribution in [0.25, 0.3) is 0 Å². The standard InChI is InChI=1S/C12H8F2N2OS/c13-7-2-1-3-8(14)12(7)11-4-9(16-17-11)10-5-18-6-15-10/h1-3,5-6,11H,4H2. The van der Waals surface area contributed by atoms with Gasteiger partial charge in [-0.15, -0.1) is 11.3 Å². The first-order valence-electron chi connectivity index (χ1n) is 5.31. The summed E-state index contributed by atoms with van der Waals surface area (Å²) >= 11 is 1.43. The minimum atomic E-state index is -0.720. The first kappa shape index (κ1) is 11.3. The highest BCUT2D eigenvalue weighted by molar-refractivity contribution is 7.07. The lowest BCUT2D eigenvalue weighted by Gasteiger charge is -2.10. The van der Waals surface area contributed by atoms with E-state index in [1.54, 1.807) is 5.51 Å². The molecule has 0 fully saturated rings. The first-order chi connectivity index (χ1) is 8.75. The van der Waals surface area contributed by atoms with Crippen molar-refractivity contribution in [2.24, 2.45) is 5.16 Å². The van der Waals surface area contributed by atoms with E-state index in [0.29, 0.717) is 17.8 Å². The van der Waals surface area contributed by atoms with E-state index in [-0.39, 0.29) is 5.56 Å². The van der Waals surface area contributed by atoms with Crippen LogP contribution in [0.5, 0.6) is 0 Å². The van der Waals surface area contributed by atoms with E-state index in [0.717, 1.165) is 0 Å². The fraction of sp³-hybridized carbons (Fsp3) is 0.167. The fourth-order valence-corrected chi connectivity index (χ4v) is 2.42. The summed E-state index contributed by atoms with van der Waals surface area (Å²) in [6, 6.07) is 3.75. The van der Waals surface area contributed by atoms with Gasteiger partial charge in [-0.25, -0.2) is 13.8 Å². The molecule has 2 aromatic rings. The highest BCUT2D eigenvalue weighted by atomic mass is 32.1. The second kappa shape index (κ2) is 4.45. The Morgan fingerprint density at radius 1 is 1.28 bits per heavy atom. The number of halogens is 2. The van der Waals surface area contributed by atoms with Gasteiger partial charge >= 0.3 is 0 Å². The number of oxime groups is 1. The smallest absolute Gasteiger partial charge is 0.164 e. The van der Waals surface area contributed by atoms with Crippen LogP contribution in [0.1, 0.15) is 23.8 Å². The minimum Gasteiger partial charge on any atom is -0.387 e. The van der Waals surface area contributed by atoms with Gasteiger partial charge in [-0.3, -0.25) is 0 Å². The maximum absolute atomic E-state index is 13.6. The van der Waals surface area contributed by atoms with Crippen molar-refractivity contribution in [1.29, 1.82) is 0 Å². The Labute approximate surface area is 106 Å². The summed E-state index contributed by atoms with van der Waals surface area (Å²) in [7, 11) is 0. The van der Waals surface area contributed by atoms with Gasteiger partial charge in [0, 0.05) is 11.8 Å². The molecule has 0 amide bonds. The van der Waals surface area contributed by atoms with Crippen molar-refractivity contribution >= 4 is 17.0 Å². The van der Waals surface area contributed by atoms with Gasteiger partial charge < -0.3 is 4.84 Å². The van der Waals surface area contributed by atoms with Gasteiger partial charge in [0.2, 0.25) is 0 Å². The highest BCUT2D eigenvalue weighted by Crippen LogP contribution is 2.32. The SMILES string of the molecule is Fc1cccc(F)c1C1CC(c2cscn2)=NO1. The van der Waals surface area contributed by atoms with E-state index in [2.05, 4.69) is 10.1 Å². The van der Waals surface area contributed by atoms with Crippen LogP contribution in [-0.4, -0.2) is 10.7 Å². The molecule has 0 saturated heterocycles. The van der Waals surface area contributed by atoms with E-state index in [1.807, 2.05) is 5.38 Å². The van der Waals surface area contributed by atoms with Crippen LogP contribution in [0.4, 0.5) is 8.78 Å². The number of thiazole rings is 1. The monoisotopic (exact) mass is 266 g/mol. The first-order valence-corrected chi connectivity index (χ1v) is 6.25. The molecular formula is C12H8F2N2OS. The highest BCUT2D eigenvalue weighted by Gasteiger charge is 2.29.